The topological polar surface area (TPSA) is 0 Å². The third-order valence-corrected chi connectivity index (χ3v) is 21.1. The molecule has 0 N–H and O–H groups in total. The fourth-order valence-corrected chi connectivity index (χ4v) is 19.6. The normalized spacial score (nSPS) is 11.8. The predicted molar refractivity (Wildman–Crippen MR) is 167 cm³/mol. The van der Waals surface area contributed by atoms with Crippen molar-refractivity contribution in [2.45, 2.75) is 41.5 Å². The zero-order valence-corrected chi connectivity index (χ0v) is 26.5. The Kier molecular flexibility index (Phi) is 11.8. The van der Waals surface area contributed by atoms with Gasteiger partial charge in [-0.3, -0.25) is 0 Å². The Labute approximate surface area is 217 Å². The fraction of sp³-hybridized carbons (Fsp3) is 0.400. The summed E-state index contributed by atoms with van der Waals surface area (Å²) in [7, 11) is -0.308. The maximum absolute atomic E-state index is 2.52. The van der Waals surface area contributed by atoms with E-state index < -0.39 is 14.7 Å². The van der Waals surface area contributed by atoms with Crippen molar-refractivity contribution in [3.05, 3.63) is 72.8 Å². The van der Waals surface area contributed by atoms with Crippen molar-refractivity contribution in [2.75, 3.05) is 37.0 Å². The van der Waals surface area contributed by atoms with Crippen LogP contribution in [-0.4, -0.2) is 51.6 Å². The van der Waals surface area contributed by atoms with Crippen LogP contribution in [0.15, 0.2) is 72.8 Å². The molecule has 3 aromatic carbocycles. The van der Waals surface area contributed by atoms with Crippen LogP contribution in [0.4, 0.5) is 0 Å². The van der Waals surface area contributed by atoms with Gasteiger partial charge in [0.1, 0.15) is 0 Å². The molecule has 3 aromatic rings. The fourth-order valence-electron chi connectivity index (χ4n) is 4.84. The van der Waals surface area contributed by atoms with Crippen LogP contribution in [0.1, 0.15) is 41.5 Å². The van der Waals surface area contributed by atoms with Gasteiger partial charge in [-0.15, -0.1) is 0 Å². The van der Waals surface area contributed by atoms with Gasteiger partial charge in [0.15, 0.2) is 0 Å². The van der Waals surface area contributed by atoms with Gasteiger partial charge in [0.2, 0.25) is 0 Å². The van der Waals surface area contributed by atoms with Crippen LogP contribution in [0.3, 0.4) is 0 Å². The molecule has 0 aromatic heterocycles. The zero-order valence-electron chi connectivity index (χ0n) is 22.0. The second kappa shape index (κ2) is 14.3. The van der Waals surface area contributed by atoms with Gasteiger partial charge < -0.3 is 0 Å². The SMILES string of the molecule is CCP(CC)c1ccccc1[As](c1ccccc1P(CC)CC)c1ccccc1P(CC)CC. The Morgan fingerprint density at radius 1 is 0.412 bits per heavy atom. The molecule has 0 amide bonds. The minimum absolute atomic E-state index is 0.103. The summed E-state index contributed by atoms with van der Waals surface area (Å²) in [6.07, 6.45) is 7.68. The molecule has 0 bridgehead atoms. The van der Waals surface area contributed by atoms with Crippen LogP contribution in [0, 0.1) is 0 Å². The summed E-state index contributed by atoms with van der Waals surface area (Å²) in [6, 6.07) is 28.8. The molecule has 0 aliphatic rings. The first-order valence-electron chi connectivity index (χ1n) is 13.0. The third-order valence-electron chi connectivity index (χ3n) is 6.68. The summed E-state index contributed by atoms with van der Waals surface area (Å²) in [6.45, 7) is 14.4. The van der Waals surface area contributed by atoms with Crippen LogP contribution in [-0.2, 0) is 0 Å². The van der Waals surface area contributed by atoms with E-state index in [1.165, 1.54) is 37.0 Å². The molecule has 0 saturated heterocycles. The van der Waals surface area contributed by atoms with Crippen molar-refractivity contribution in [1.82, 2.24) is 0 Å². The molecule has 0 fully saturated rings. The van der Waals surface area contributed by atoms with Crippen molar-refractivity contribution >= 4 is 67.4 Å². The summed E-state index contributed by atoms with van der Waals surface area (Å²) in [5.41, 5.74) is 0. The molecule has 4 heteroatoms. The van der Waals surface area contributed by atoms with Crippen molar-refractivity contribution in [3.63, 3.8) is 0 Å². The van der Waals surface area contributed by atoms with E-state index in [9.17, 15) is 0 Å². The van der Waals surface area contributed by atoms with Crippen molar-refractivity contribution in [3.8, 4) is 0 Å². The van der Waals surface area contributed by atoms with E-state index in [2.05, 4.69) is 114 Å². The quantitative estimate of drug-likeness (QED) is 0.195. The van der Waals surface area contributed by atoms with Crippen molar-refractivity contribution in [1.29, 1.82) is 0 Å². The molecule has 3 rings (SSSR count). The number of hydrogen-bond acceptors (Lipinski definition) is 0. The van der Waals surface area contributed by atoms with Crippen LogP contribution < -0.4 is 29.0 Å². The second-order valence-electron chi connectivity index (χ2n) is 8.32. The monoisotopic (exact) mass is 570 g/mol. The van der Waals surface area contributed by atoms with Crippen LogP contribution in [0.2, 0.25) is 0 Å². The van der Waals surface area contributed by atoms with Crippen molar-refractivity contribution in [2.24, 2.45) is 0 Å². The zero-order chi connectivity index (χ0) is 24.5. The molecule has 0 unspecified atom stereocenters. The van der Waals surface area contributed by atoms with Crippen molar-refractivity contribution < 1.29 is 0 Å². The molecule has 0 spiro atoms. The maximum atomic E-state index is 2.52. The summed E-state index contributed by atoms with van der Waals surface area (Å²) in [4.78, 5) is 0. The van der Waals surface area contributed by atoms with Gasteiger partial charge in [0.05, 0.1) is 0 Å². The van der Waals surface area contributed by atoms with Gasteiger partial charge in [-0.1, -0.05) is 0 Å². The molecule has 0 aliphatic heterocycles. The average molecular weight is 571 g/mol. The average Bonchev–Trinajstić information content (AvgIpc) is 2.89. The summed E-state index contributed by atoms with van der Waals surface area (Å²) in [5, 5.41) is 5.05. The van der Waals surface area contributed by atoms with Crippen LogP contribution >= 0.6 is 23.8 Å². The summed E-state index contributed by atoms with van der Waals surface area (Å²) >= 11 is -1.73. The standard InChI is InChI=1S/C30H42AsP3/c1-7-32(8-2)28-22-16-13-19-25(28)31(26-20-14-17-23-29(26)33(9-3)10-4)27-21-15-18-24-30(27)34(11-5)12-6/h13-24H,7-12H2,1-6H3. The van der Waals surface area contributed by atoms with Gasteiger partial charge in [0, 0.05) is 0 Å². The van der Waals surface area contributed by atoms with Gasteiger partial charge in [-0.25, -0.2) is 0 Å². The Morgan fingerprint density at radius 2 is 0.647 bits per heavy atom. The third kappa shape index (κ3) is 6.25. The van der Waals surface area contributed by atoms with E-state index in [1.807, 2.05) is 0 Å². The number of hydrogen-bond donors (Lipinski definition) is 0. The van der Waals surface area contributed by atoms with Crippen LogP contribution in [0.25, 0.3) is 0 Å². The molecule has 0 aliphatic carbocycles. The van der Waals surface area contributed by atoms with E-state index in [0.717, 1.165) is 0 Å². The second-order valence-corrected chi connectivity index (χ2v) is 21.2. The Bertz CT molecular complexity index is 891. The van der Waals surface area contributed by atoms with Gasteiger partial charge in [-0.05, 0) is 0 Å². The molecule has 0 radical (unpaired) electrons. The molecule has 0 saturated carbocycles. The van der Waals surface area contributed by atoms with E-state index in [4.69, 9.17) is 0 Å². The first kappa shape index (κ1) is 28.1. The van der Waals surface area contributed by atoms with Crippen LogP contribution in [0.5, 0.6) is 0 Å². The molecule has 0 atom stereocenters. The van der Waals surface area contributed by atoms with E-state index in [0.29, 0.717) is 0 Å². The van der Waals surface area contributed by atoms with Gasteiger partial charge in [-0.2, -0.15) is 0 Å². The molecule has 0 heterocycles. The van der Waals surface area contributed by atoms with Gasteiger partial charge >= 0.3 is 219 Å². The molecular weight excluding hydrogens is 528 g/mol. The van der Waals surface area contributed by atoms with E-state index in [-0.39, 0.29) is 23.8 Å². The number of rotatable bonds is 12. The molecule has 0 nitrogen and oxygen atoms in total. The molecule has 182 valence electrons. The molecular formula is C30H42AsP3. The Hall–Kier alpha value is -0.492. The first-order chi connectivity index (χ1) is 16.6. The molecule has 34 heavy (non-hydrogen) atoms. The van der Waals surface area contributed by atoms with Gasteiger partial charge in [0.25, 0.3) is 0 Å². The summed E-state index contributed by atoms with van der Waals surface area (Å²) in [5.74, 6) is 0. The first-order valence-corrected chi connectivity index (χ1v) is 20.9. The number of benzene rings is 3. The minimum atomic E-state index is -1.73. The van der Waals surface area contributed by atoms with E-state index in [1.54, 1.807) is 29.0 Å². The summed E-state index contributed by atoms with van der Waals surface area (Å²) < 4.78 is 5.11. The Balaban J connectivity index is 2.37. The van der Waals surface area contributed by atoms with E-state index >= 15 is 0 Å². The predicted octanol–water partition coefficient (Wildman–Crippen LogP) is 5.64. The Morgan fingerprint density at radius 3 is 0.882 bits per heavy atom.